The number of amides is 2. The zero-order chi connectivity index (χ0) is 13.7. The van der Waals surface area contributed by atoms with Gasteiger partial charge in [0.1, 0.15) is 5.01 Å². The number of nitrogens with zero attached hydrogens (tertiary/aromatic N) is 2. The van der Waals surface area contributed by atoms with Crippen molar-refractivity contribution >= 4 is 23.3 Å². The molecule has 1 aromatic rings. The lowest BCUT2D eigenvalue weighted by molar-refractivity contribution is 0.0691. The van der Waals surface area contributed by atoms with Gasteiger partial charge in [-0.25, -0.2) is 14.6 Å². The van der Waals surface area contributed by atoms with Gasteiger partial charge in [-0.1, -0.05) is 6.92 Å². The molecule has 1 aromatic heterocycles. The molecule has 0 aliphatic carbocycles. The molecule has 1 rings (SSSR count). The van der Waals surface area contributed by atoms with Gasteiger partial charge in [0, 0.05) is 19.0 Å². The van der Waals surface area contributed by atoms with Gasteiger partial charge in [0.2, 0.25) is 0 Å². The van der Waals surface area contributed by atoms with Crippen LogP contribution in [0.4, 0.5) is 4.79 Å². The van der Waals surface area contributed by atoms with E-state index in [0.717, 1.165) is 6.42 Å². The highest BCUT2D eigenvalue weighted by Gasteiger charge is 2.17. The second-order valence-corrected chi connectivity index (χ2v) is 4.86. The highest BCUT2D eigenvalue weighted by Crippen LogP contribution is 2.18. The fraction of sp³-hybridized carbons (Fsp3) is 0.545. The summed E-state index contributed by atoms with van der Waals surface area (Å²) in [7, 11) is 1.72. The second kappa shape index (κ2) is 6.34. The average molecular weight is 271 g/mol. The van der Waals surface area contributed by atoms with E-state index in [1.807, 2.05) is 6.92 Å². The van der Waals surface area contributed by atoms with Crippen LogP contribution in [0.15, 0.2) is 5.38 Å². The third-order valence-corrected chi connectivity index (χ3v) is 3.38. The fourth-order valence-electron chi connectivity index (χ4n) is 1.38. The number of hydrogen-bond acceptors (Lipinski definition) is 4. The first-order chi connectivity index (χ1) is 8.45. The van der Waals surface area contributed by atoms with Crippen molar-refractivity contribution in [3.05, 3.63) is 16.1 Å². The van der Waals surface area contributed by atoms with Crippen molar-refractivity contribution in [1.29, 1.82) is 0 Å². The molecule has 1 heterocycles. The molecule has 1 atom stereocenters. The number of urea groups is 1. The first-order valence-electron chi connectivity index (χ1n) is 5.66. The number of aromatic nitrogens is 1. The minimum atomic E-state index is -1.06. The molecule has 0 aliphatic rings. The lowest BCUT2D eigenvalue weighted by atomic mass is 10.3. The van der Waals surface area contributed by atoms with Crippen molar-refractivity contribution in [1.82, 2.24) is 15.2 Å². The highest BCUT2D eigenvalue weighted by molar-refractivity contribution is 7.09. The number of thiazole rings is 1. The molecule has 100 valence electrons. The minimum Gasteiger partial charge on any atom is -0.476 e. The van der Waals surface area contributed by atoms with E-state index in [1.54, 1.807) is 18.9 Å². The van der Waals surface area contributed by atoms with Crippen molar-refractivity contribution in [2.45, 2.75) is 26.3 Å². The zero-order valence-corrected chi connectivity index (χ0v) is 11.5. The van der Waals surface area contributed by atoms with Gasteiger partial charge in [-0.2, -0.15) is 0 Å². The number of hydrogen-bond donors (Lipinski definition) is 2. The number of carbonyl (C=O) groups is 2. The van der Waals surface area contributed by atoms with Gasteiger partial charge < -0.3 is 15.3 Å². The molecular formula is C11H17N3O3S. The molecule has 0 aromatic carbocycles. The molecule has 0 saturated heterocycles. The maximum absolute atomic E-state index is 11.7. The van der Waals surface area contributed by atoms with Gasteiger partial charge in [-0.05, 0) is 13.3 Å². The molecule has 6 nitrogen and oxygen atoms in total. The van der Waals surface area contributed by atoms with E-state index >= 15 is 0 Å². The van der Waals surface area contributed by atoms with Gasteiger partial charge >= 0.3 is 12.0 Å². The Morgan fingerprint density at radius 2 is 2.28 bits per heavy atom. The van der Waals surface area contributed by atoms with Gasteiger partial charge in [0.15, 0.2) is 5.69 Å². The molecule has 7 heteroatoms. The molecule has 0 bridgehead atoms. The number of nitrogens with one attached hydrogen (secondary N) is 1. The summed E-state index contributed by atoms with van der Waals surface area (Å²) in [5.41, 5.74) is 0.0120. The first kappa shape index (κ1) is 14.4. The van der Waals surface area contributed by atoms with Crippen molar-refractivity contribution < 1.29 is 14.7 Å². The van der Waals surface area contributed by atoms with Crippen LogP contribution in [0.5, 0.6) is 0 Å². The Morgan fingerprint density at radius 1 is 1.61 bits per heavy atom. The lowest BCUT2D eigenvalue weighted by Gasteiger charge is -2.19. The summed E-state index contributed by atoms with van der Waals surface area (Å²) in [6.07, 6.45) is 0.888. The maximum Gasteiger partial charge on any atom is 0.355 e. The fourth-order valence-corrected chi connectivity index (χ4v) is 2.18. The normalized spacial score (nSPS) is 11.9. The van der Waals surface area contributed by atoms with E-state index in [1.165, 1.54) is 16.7 Å². The van der Waals surface area contributed by atoms with E-state index in [-0.39, 0.29) is 17.8 Å². The standard InChI is InChI=1S/C11H17N3O3S/c1-4-5-14(3)11(17)12-7(2)9-13-8(6-18-9)10(15)16/h6-7H,4-5H2,1-3H3,(H,12,17)(H,15,16). The van der Waals surface area contributed by atoms with Crippen molar-refractivity contribution in [3.8, 4) is 0 Å². The largest absolute Gasteiger partial charge is 0.476 e. The lowest BCUT2D eigenvalue weighted by Crippen LogP contribution is -2.38. The van der Waals surface area contributed by atoms with E-state index in [0.29, 0.717) is 11.6 Å². The predicted molar refractivity (Wildman–Crippen MR) is 68.9 cm³/mol. The number of carboxylic acids is 1. The molecule has 0 fully saturated rings. The van der Waals surface area contributed by atoms with Crippen LogP contribution in [0.3, 0.4) is 0 Å². The first-order valence-corrected chi connectivity index (χ1v) is 6.54. The Labute approximate surface area is 110 Å². The number of carbonyl (C=O) groups excluding carboxylic acids is 1. The van der Waals surface area contributed by atoms with E-state index < -0.39 is 5.97 Å². The molecule has 0 spiro atoms. The van der Waals surface area contributed by atoms with Crippen molar-refractivity contribution in [2.75, 3.05) is 13.6 Å². The summed E-state index contributed by atoms with van der Waals surface area (Å²) in [4.78, 5) is 28.0. The number of rotatable bonds is 5. The van der Waals surface area contributed by atoms with Crippen LogP contribution in [0.2, 0.25) is 0 Å². The summed E-state index contributed by atoms with van der Waals surface area (Å²) in [5.74, 6) is -1.06. The Kier molecular flexibility index (Phi) is 5.08. The SMILES string of the molecule is CCCN(C)C(=O)NC(C)c1nc(C(=O)O)cs1. The van der Waals surface area contributed by atoms with Gasteiger partial charge in [-0.3, -0.25) is 0 Å². The Hall–Kier alpha value is -1.63. The van der Waals surface area contributed by atoms with Gasteiger partial charge in [-0.15, -0.1) is 11.3 Å². The van der Waals surface area contributed by atoms with Crippen LogP contribution in [-0.4, -0.2) is 40.6 Å². The molecule has 2 amide bonds. The topological polar surface area (TPSA) is 82.5 Å². The molecular weight excluding hydrogens is 254 g/mol. The monoisotopic (exact) mass is 271 g/mol. The smallest absolute Gasteiger partial charge is 0.355 e. The van der Waals surface area contributed by atoms with Crippen LogP contribution in [0.25, 0.3) is 0 Å². The Morgan fingerprint density at radius 3 is 2.78 bits per heavy atom. The molecule has 1 unspecified atom stereocenters. The summed E-state index contributed by atoms with van der Waals surface area (Å²) >= 11 is 1.23. The van der Waals surface area contributed by atoms with Crippen LogP contribution >= 0.6 is 11.3 Å². The molecule has 0 saturated carbocycles. The molecule has 18 heavy (non-hydrogen) atoms. The summed E-state index contributed by atoms with van der Waals surface area (Å²) in [6, 6.07) is -0.480. The molecule has 0 aliphatic heterocycles. The van der Waals surface area contributed by atoms with Crippen molar-refractivity contribution in [3.63, 3.8) is 0 Å². The second-order valence-electron chi connectivity index (χ2n) is 3.97. The minimum absolute atomic E-state index is 0.0120. The van der Waals surface area contributed by atoms with E-state index in [4.69, 9.17) is 5.11 Å². The van der Waals surface area contributed by atoms with Crippen molar-refractivity contribution in [2.24, 2.45) is 0 Å². The van der Waals surface area contributed by atoms with Crippen LogP contribution in [0, 0.1) is 0 Å². The third-order valence-electron chi connectivity index (χ3n) is 2.36. The Balaban J connectivity index is 2.61. The van der Waals surface area contributed by atoms with Crippen LogP contribution in [-0.2, 0) is 0 Å². The zero-order valence-electron chi connectivity index (χ0n) is 10.6. The molecule has 0 radical (unpaired) electrons. The Bertz CT molecular complexity index is 433. The summed E-state index contributed by atoms with van der Waals surface area (Å²) in [5, 5.41) is 13.6. The third kappa shape index (κ3) is 3.69. The quantitative estimate of drug-likeness (QED) is 0.857. The van der Waals surface area contributed by atoms with Gasteiger partial charge in [0.05, 0.1) is 6.04 Å². The van der Waals surface area contributed by atoms with Gasteiger partial charge in [0.25, 0.3) is 0 Å². The summed E-state index contributed by atoms with van der Waals surface area (Å²) in [6.45, 7) is 4.45. The maximum atomic E-state index is 11.7. The number of aromatic carboxylic acids is 1. The van der Waals surface area contributed by atoms with E-state index in [9.17, 15) is 9.59 Å². The summed E-state index contributed by atoms with van der Waals surface area (Å²) < 4.78 is 0. The predicted octanol–water partition coefficient (Wildman–Crippen LogP) is 1.95. The average Bonchev–Trinajstić information content (AvgIpc) is 2.78. The molecule has 2 N–H and O–H groups in total. The highest BCUT2D eigenvalue weighted by atomic mass is 32.1. The van der Waals surface area contributed by atoms with E-state index in [2.05, 4.69) is 10.3 Å². The van der Waals surface area contributed by atoms with Crippen LogP contribution in [0.1, 0.15) is 41.8 Å². The number of carboxylic acid groups (broad SMARTS) is 1. The van der Waals surface area contributed by atoms with Crippen LogP contribution < -0.4 is 5.32 Å².